The van der Waals surface area contributed by atoms with Gasteiger partial charge < -0.3 is 14.9 Å². The van der Waals surface area contributed by atoms with Gasteiger partial charge in [0.15, 0.2) is 5.82 Å². The Morgan fingerprint density at radius 1 is 1.56 bits per heavy atom. The van der Waals surface area contributed by atoms with E-state index >= 15 is 0 Å². The van der Waals surface area contributed by atoms with Crippen LogP contribution in [0.15, 0.2) is 4.52 Å². The van der Waals surface area contributed by atoms with Crippen LogP contribution < -0.4 is 5.32 Å². The molecule has 0 bridgehead atoms. The Bertz CT molecular complexity index is 338. The van der Waals surface area contributed by atoms with E-state index in [2.05, 4.69) is 29.3 Å². The van der Waals surface area contributed by atoms with Gasteiger partial charge in [0.1, 0.15) is 0 Å². The largest absolute Gasteiger partial charge is 0.392 e. The van der Waals surface area contributed by atoms with Crippen molar-refractivity contribution in [3.05, 3.63) is 11.7 Å². The minimum atomic E-state index is -0.295. The van der Waals surface area contributed by atoms with Gasteiger partial charge in [-0.2, -0.15) is 4.98 Å². The topological polar surface area (TPSA) is 71.2 Å². The molecule has 1 aromatic rings. The van der Waals surface area contributed by atoms with Crippen molar-refractivity contribution in [2.45, 2.75) is 45.3 Å². The zero-order valence-electron chi connectivity index (χ0n) is 9.81. The normalized spacial score (nSPS) is 25.5. The molecular formula is C11H19N3O2. The van der Waals surface area contributed by atoms with E-state index in [0.717, 1.165) is 18.7 Å². The summed E-state index contributed by atoms with van der Waals surface area (Å²) in [5.74, 6) is 2.02. The van der Waals surface area contributed by atoms with E-state index in [1.807, 2.05) is 0 Å². The van der Waals surface area contributed by atoms with Gasteiger partial charge in [-0.15, -0.1) is 0 Å². The van der Waals surface area contributed by atoms with Crippen molar-refractivity contribution < 1.29 is 9.63 Å². The maximum Gasteiger partial charge on any atom is 0.243 e. The number of aryl methyl sites for hydroxylation is 1. The van der Waals surface area contributed by atoms with Crippen molar-refractivity contribution in [2.75, 3.05) is 6.54 Å². The molecule has 2 N–H and O–H groups in total. The van der Waals surface area contributed by atoms with Crippen molar-refractivity contribution in [1.29, 1.82) is 0 Å². The maximum atomic E-state index is 9.39. The monoisotopic (exact) mass is 225 g/mol. The van der Waals surface area contributed by atoms with E-state index in [1.54, 1.807) is 0 Å². The Morgan fingerprint density at radius 2 is 2.38 bits per heavy atom. The van der Waals surface area contributed by atoms with Crippen LogP contribution in [0.3, 0.4) is 0 Å². The third kappa shape index (κ3) is 2.80. The summed E-state index contributed by atoms with van der Waals surface area (Å²) in [6.07, 6.45) is 2.29. The number of aliphatic hydroxyl groups is 1. The van der Waals surface area contributed by atoms with E-state index in [1.165, 1.54) is 0 Å². The van der Waals surface area contributed by atoms with Crippen LogP contribution in [0.2, 0.25) is 0 Å². The number of hydrogen-bond donors (Lipinski definition) is 2. The second-order valence-electron chi connectivity index (χ2n) is 4.83. The first-order valence-corrected chi connectivity index (χ1v) is 5.89. The maximum absolute atomic E-state index is 9.39. The predicted molar refractivity (Wildman–Crippen MR) is 58.8 cm³/mol. The van der Waals surface area contributed by atoms with Crippen molar-refractivity contribution in [2.24, 2.45) is 5.92 Å². The van der Waals surface area contributed by atoms with Crippen LogP contribution in [0.25, 0.3) is 0 Å². The lowest BCUT2D eigenvalue weighted by atomic mass is 10.1. The smallest absolute Gasteiger partial charge is 0.243 e. The molecule has 2 atom stereocenters. The summed E-state index contributed by atoms with van der Waals surface area (Å²) in [7, 11) is 0. The number of aliphatic hydroxyl groups excluding tert-OH is 1. The molecule has 0 saturated carbocycles. The molecule has 1 aliphatic heterocycles. The highest BCUT2D eigenvalue weighted by Gasteiger charge is 2.27. The van der Waals surface area contributed by atoms with E-state index in [-0.39, 0.29) is 12.1 Å². The highest BCUT2D eigenvalue weighted by molar-refractivity contribution is 4.97. The SMILES string of the molecule is CC(C)CCc1noc([C@@H]2C[C@H](O)CN2)n1. The molecule has 1 saturated heterocycles. The van der Waals surface area contributed by atoms with Gasteiger partial charge in [-0.25, -0.2) is 0 Å². The standard InChI is InChI=1S/C11H19N3O2/c1-7(2)3-4-10-13-11(16-14-10)9-5-8(15)6-12-9/h7-9,12,15H,3-6H2,1-2H3/t8-,9-/m0/s1. The quantitative estimate of drug-likeness (QED) is 0.801. The minimum Gasteiger partial charge on any atom is -0.392 e. The number of hydrogen-bond acceptors (Lipinski definition) is 5. The Morgan fingerprint density at radius 3 is 3.00 bits per heavy atom. The summed E-state index contributed by atoms with van der Waals surface area (Å²) in [5, 5.41) is 16.5. The zero-order valence-corrected chi connectivity index (χ0v) is 9.81. The Balaban J connectivity index is 1.91. The molecule has 0 unspecified atom stereocenters. The van der Waals surface area contributed by atoms with Gasteiger partial charge >= 0.3 is 0 Å². The van der Waals surface area contributed by atoms with Gasteiger partial charge in [-0.1, -0.05) is 19.0 Å². The molecule has 2 rings (SSSR count). The molecule has 5 heteroatoms. The lowest BCUT2D eigenvalue weighted by Crippen LogP contribution is -2.15. The lowest BCUT2D eigenvalue weighted by Gasteiger charge is -2.01. The summed E-state index contributed by atoms with van der Waals surface area (Å²) in [4.78, 5) is 4.35. The van der Waals surface area contributed by atoms with Gasteiger partial charge in [-0.3, -0.25) is 0 Å². The van der Waals surface area contributed by atoms with Crippen molar-refractivity contribution >= 4 is 0 Å². The van der Waals surface area contributed by atoms with Crippen molar-refractivity contribution in [3.63, 3.8) is 0 Å². The third-order valence-electron chi connectivity index (χ3n) is 2.83. The molecule has 0 radical (unpaired) electrons. The van der Waals surface area contributed by atoms with Gasteiger partial charge in [0.2, 0.25) is 5.89 Å². The first-order valence-electron chi connectivity index (χ1n) is 5.89. The molecule has 0 aliphatic carbocycles. The molecule has 2 heterocycles. The first kappa shape index (κ1) is 11.5. The van der Waals surface area contributed by atoms with Crippen LogP contribution in [0.5, 0.6) is 0 Å². The summed E-state index contributed by atoms with van der Waals surface area (Å²) in [6.45, 7) is 4.96. The number of rotatable bonds is 4. The summed E-state index contributed by atoms with van der Waals surface area (Å²) >= 11 is 0. The number of nitrogens with zero attached hydrogens (tertiary/aromatic N) is 2. The molecule has 1 fully saturated rings. The lowest BCUT2D eigenvalue weighted by molar-refractivity contribution is 0.191. The van der Waals surface area contributed by atoms with Crippen LogP contribution in [0, 0.1) is 5.92 Å². The molecule has 0 aromatic carbocycles. The van der Waals surface area contributed by atoms with Gasteiger partial charge in [0.05, 0.1) is 12.1 Å². The summed E-state index contributed by atoms with van der Waals surface area (Å²) in [6, 6.07) is 0.0234. The van der Waals surface area contributed by atoms with E-state index < -0.39 is 0 Å². The van der Waals surface area contributed by atoms with Gasteiger partial charge in [-0.05, 0) is 18.8 Å². The summed E-state index contributed by atoms with van der Waals surface area (Å²) < 4.78 is 5.19. The zero-order chi connectivity index (χ0) is 11.5. The fraction of sp³-hybridized carbons (Fsp3) is 0.818. The highest BCUT2D eigenvalue weighted by atomic mass is 16.5. The van der Waals surface area contributed by atoms with Crippen LogP contribution in [-0.2, 0) is 6.42 Å². The number of nitrogens with one attached hydrogen (secondary N) is 1. The Labute approximate surface area is 95.2 Å². The minimum absolute atomic E-state index is 0.0234. The van der Waals surface area contributed by atoms with Crippen LogP contribution in [-0.4, -0.2) is 27.9 Å². The Hall–Kier alpha value is -0.940. The van der Waals surface area contributed by atoms with Crippen LogP contribution in [0.1, 0.15) is 44.4 Å². The van der Waals surface area contributed by atoms with Crippen LogP contribution in [0.4, 0.5) is 0 Å². The first-order chi connectivity index (χ1) is 7.65. The molecule has 5 nitrogen and oxygen atoms in total. The second-order valence-corrected chi connectivity index (χ2v) is 4.83. The van der Waals surface area contributed by atoms with Gasteiger partial charge in [0.25, 0.3) is 0 Å². The van der Waals surface area contributed by atoms with E-state index in [4.69, 9.17) is 4.52 Å². The van der Waals surface area contributed by atoms with Crippen molar-refractivity contribution in [3.8, 4) is 0 Å². The fourth-order valence-electron chi connectivity index (χ4n) is 1.83. The van der Waals surface area contributed by atoms with Crippen LogP contribution >= 0.6 is 0 Å². The molecule has 90 valence electrons. The number of aromatic nitrogens is 2. The predicted octanol–water partition coefficient (Wildman–Crippen LogP) is 1.05. The molecule has 1 aromatic heterocycles. The molecule has 16 heavy (non-hydrogen) atoms. The van der Waals surface area contributed by atoms with E-state index in [9.17, 15) is 5.11 Å². The molecule has 0 amide bonds. The van der Waals surface area contributed by atoms with E-state index in [0.29, 0.717) is 24.8 Å². The highest BCUT2D eigenvalue weighted by Crippen LogP contribution is 2.22. The third-order valence-corrected chi connectivity index (χ3v) is 2.83. The second kappa shape index (κ2) is 4.93. The average molecular weight is 225 g/mol. The fourth-order valence-corrected chi connectivity index (χ4v) is 1.83. The summed E-state index contributed by atoms with van der Waals surface area (Å²) in [5.41, 5.74) is 0. The average Bonchev–Trinajstić information content (AvgIpc) is 2.83. The number of β-amino-alcohol motifs (C(OH)–C–C–N with tert-alkyl or cyclic N) is 1. The molecular weight excluding hydrogens is 206 g/mol. The van der Waals surface area contributed by atoms with Gasteiger partial charge in [0, 0.05) is 13.0 Å². The van der Waals surface area contributed by atoms with Crippen molar-refractivity contribution in [1.82, 2.24) is 15.5 Å². The molecule has 0 spiro atoms. The molecule has 1 aliphatic rings. The Kier molecular flexibility index (Phi) is 3.56.